The lowest BCUT2D eigenvalue weighted by atomic mass is 9.93. The van der Waals surface area contributed by atoms with Gasteiger partial charge < -0.3 is 9.64 Å². The van der Waals surface area contributed by atoms with Crippen molar-refractivity contribution in [2.45, 2.75) is 19.3 Å². The number of hydrogen-bond donors (Lipinski definition) is 1. The number of nitrogens with zero attached hydrogens (tertiary/aromatic N) is 4. The number of H-pyrrole nitrogens is 1. The number of aromatic amines is 1. The number of hydrogen-bond acceptors (Lipinski definition) is 6. The van der Waals surface area contributed by atoms with Crippen LogP contribution in [0.2, 0.25) is 0 Å². The van der Waals surface area contributed by atoms with Crippen molar-refractivity contribution in [3.05, 3.63) is 57.7 Å². The van der Waals surface area contributed by atoms with E-state index >= 15 is 0 Å². The van der Waals surface area contributed by atoms with E-state index in [0.29, 0.717) is 36.9 Å². The summed E-state index contributed by atoms with van der Waals surface area (Å²) in [7, 11) is 1.52. The summed E-state index contributed by atoms with van der Waals surface area (Å²) in [6, 6.07) is 7.31. The number of aromatic nitrogens is 4. The molecule has 8 nitrogen and oxygen atoms in total. The number of piperidine rings is 1. The Hall–Kier alpha value is -2.94. The summed E-state index contributed by atoms with van der Waals surface area (Å²) in [5.41, 5.74) is 0.274. The molecule has 0 aliphatic carbocycles. The van der Waals surface area contributed by atoms with E-state index in [1.165, 1.54) is 18.4 Å². The molecule has 9 heteroatoms. The van der Waals surface area contributed by atoms with E-state index in [-0.39, 0.29) is 11.6 Å². The topological polar surface area (TPSA) is 93.1 Å². The fraction of sp³-hybridized carbons (Fsp3) is 0.368. The van der Waals surface area contributed by atoms with Crippen LogP contribution in [0.3, 0.4) is 0 Å². The third-order valence-corrected chi connectivity index (χ3v) is 5.89. The Morgan fingerprint density at radius 1 is 1.32 bits per heavy atom. The molecule has 4 rings (SSSR count). The van der Waals surface area contributed by atoms with E-state index in [0.717, 1.165) is 23.7 Å². The Labute approximate surface area is 165 Å². The van der Waals surface area contributed by atoms with Gasteiger partial charge in [0.25, 0.3) is 5.91 Å². The van der Waals surface area contributed by atoms with E-state index in [4.69, 9.17) is 4.74 Å². The average Bonchev–Trinajstić information content (AvgIpc) is 3.37. The molecule has 0 radical (unpaired) electrons. The Balaban J connectivity index is 1.42. The van der Waals surface area contributed by atoms with Gasteiger partial charge in [-0.3, -0.25) is 4.79 Å². The number of methoxy groups -OCH3 is 1. The van der Waals surface area contributed by atoms with Crippen LogP contribution in [0, 0.1) is 5.92 Å². The molecule has 0 saturated carbocycles. The van der Waals surface area contributed by atoms with Gasteiger partial charge >= 0.3 is 5.69 Å². The average molecular weight is 399 g/mol. The van der Waals surface area contributed by atoms with Crippen LogP contribution >= 0.6 is 11.3 Å². The van der Waals surface area contributed by atoms with Gasteiger partial charge in [-0.15, -0.1) is 11.3 Å². The molecule has 3 aromatic rings. The monoisotopic (exact) mass is 399 g/mol. The number of pyridine rings is 1. The highest BCUT2D eigenvalue weighted by Crippen LogP contribution is 2.25. The fourth-order valence-corrected chi connectivity index (χ4v) is 4.32. The van der Waals surface area contributed by atoms with Crippen LogP contribution in [-0.4, -0.2) is 50.8 Å². The normalized spacial score (nSPS) is 15.0. The number of carbonyl (C=O) groups excluding carboxylic acids is 1. The van der Waals surface area contributed by atoms with Gasteiger partial charge in [-0.05, 0) is 48.4 Å². The van der Waals surface area contributed by atoms with Crippen molar-refractivity contribution in [3.63, 3.8) is 0 Å². The smallest absolute Gasteiger partial charge is 0.348 e. The van der Waals surface area contributed by atoms with Crippen molar-refractivity contribution < 1.29 is 9.53 Å². The molecule has 0 aromatic carbocycles. The van der Waals surface area contributed by atoms with Crippen LogP contribution in [0.25, 0.3) is 5.00 Å². The Morgan fingerprint density at radius 2 is 2.14 bits per heavy atom. The number of carbonyl (C=O) groups is 1. The summed E-state index contributed by atoms with van der Waals surface area (Å²) in [5.74, 6) is 1.41. The fourth-order valence-electron chi connectivity index (χ4n) is 3.58. The van der Waals surface area contributed by atoms with E-state index < -0.39 is 0 Å². The predicted molar refractivity (Wildman–Crippen MR) is 105 cm³/mol. The molecule has 146 valence electrons. The lowest BCUT2D eigenvalue weighted by molar-refractivity contribution is 0.0685. The minimum atomic E-state index is -0.214. The second kappa shape index (κ2) is 7.97. The predicted octanol–water partition coefficient (Wildman–Crippen LogP) is 2.12. The van der Waals surface area contributed by atoms with Gasteiger partial charge in [-0.2, -0.15) is 5.10 Å². The summed E-state index contributed by atoms with van der Waals surface area (Å²) < 4.78 is 6.85. The highest BCUT2D eigenvalue weighted by molar-refractivity contribution is 7.12. The molecule has 1 amide bonds. The van der Waals surface area contributed by atoms with E-state index in [2.05, 4.69) is 15.2 Å². The molecule has 1 fully saturated rings. The van der Waals surface area contributed by atoms with Crippen molar-refractivity contribution >= 4 is 17.2 Å². The maximum Gasteiger partial charge on any atom is 0.348 e. The van der Waals surface area contributed by atoms with Gasteiger partial charge in [-0.1, -0.05) is 0 Å². The van der Waals surface area contributed by atoms with Gasteiger partial charge in [-0.25, -0.2) is 19.4 Å². The zero-order valence-electron chi connectivity index (χ0n) is 15.5. The van der Waals surface area contributed by atoms with E-state index in [1.807, 2.05) is 22.4 Å². The van der Waals surface area contributed by atoms with Crippen molar-refractivity contribution in [3.8, 4) is 10.9 Å². The second-order valence-corrected chi connectivity index (χ2v) is 7.66. The number of ether oxygens (including phenoxy) is 1. The number of likely N-dealkylation sites (tertiary alicyclic amines) is 1. The largest absolute Gasteiger partial charge is 0.480 e. The molecule has 0 atom stereocenters. The number of nitrogens with one attached hydrogen (secondary N) is 1. The van der Waals surface area contributed by atoms with Crippen molar-refractivity contribution in [1.29, 1.82) is 0 Å². The van der Waals surface area contributed by atoms with Gasteiger partial charge in [0, 0.05) is 25.7 Å². The Morgan fingerprint density at radius 3 is 2.86 bits per heavy atom. The van der Waals surface area contributed by atoms with Crippen LogP contribution < -0.4 is 10.4 Å². The minimum Gasteiger partial charge on any atom is -0.480 e. The quantitative estimate of drug-likeness (QED) is 0.709. The standard InChI is InChI=1S/C19H21N5O3S/c1-27-17-14(4-2-8-20-17)18(25)23-9-6-13(7-10-23)12-15-21-22-19(26)24(15)16-5-3-11-28-16/h2-5,8,11,13H,6-7,9-10,12H2,1H3,(H,22,26). The lowest BCUT2D eigenvalue weighted by Crippen LogP contribution is -2.39. The molecule has 1 N–H and O–H groups in total. The molecule has 1 aliphatic heterocycles. The molecule has 0 spiro atoms. The van der Waals surface area contributed by atoms with Crippen LogP contribution in [0.5, 0.6) is 5.88 Å². The summed E-state index contributed by atoms with van der Waals surface area (Å²) in [5, 5.41) is 9.58. The first-order valence-electron chi connectivity index (χ1n) is 9.16. The van der Waals surface area contributed by atoms with E-state index in [9.17, 15) is 9.59 Å². The van der Waals surface area contributed by atoms with Crippen LogP contribution in [0.4, 0.5) is 0 Å². The van der Waals surface area contributed by atoms with Gasteiger partial charge in [0.15, 0.2) is 0 Å². The van der Waals surface area contributed by atoms with Crippen molar-refractivity contribution in [2.24, 2.45) is 5.92 Å². The highest BCUT2D eigenvalue weighted by atomic mass is 32.1. The molecule has 28 heavy (non-hydrogen) atoms. The minimum absolute atomic E-state index is 0.0568. The van der Waals surface area contributed by atoms with Crippen LogP contribution in [-0.2, 0) is 6.42 Å². The third kappa shape index (κ3) is 3.57. The number of amides is 1. The second-order valence-electron chi connectivity index (χ2n) is 6.73. The zero-order chi connectivity index (χ0) is 19.5. The molecule has 0 unspecified atom stereocenters. The number of rotatable bonds is 5. The van der Waals surface area contributed by atoms with Crippen LogP contribution in [0.1, 0.15) is 29.0 Å². The molecular formula is C19H21N5O3S. The van der Waals surface area contributed by atoms with Crippen molar-refractivity contribution in [1.82, 2.24) is 24.6 Å². The summed E-state index contributed by atoms with van der Waals surface area (Å²) >= 11 is 1.51. The first kappa shape index (κ1) is 18.4. The summed E-state index contributed by atoms with van der Waals surface area (Å²) in [4.78, 5) is 30.9. The first-order valence-corrected chi connectivity index (χ1v) is 10.0. The summed E-state index contributed by atoms with van der Waals surface area (Å²) in [6.45, 7) is 1.32. The SMILES string of the molecule is COc1ncccc1C(=O)N1CCC(Cc2n[nH]c(=O)n2-c2cccs2)CC1. The van der Waals surface area contributed by atoms with E-state index in [1.54, 1.807) is 22.9 Å². The van der Waals surface area contributed by atoms with Crippen molar-refractivity contribution in [2.75, 3.05) is 20.2 Å². The Kier molecular flexibility index (Phi) is 5.25. The van der Waals surface area contributed by atoms with Gasteiger partial charge in [0.1, 0.15) is 16.4 Å². The van der Waals surface area contributed by atoms with Crippen LogP contribution in [0.15, 0.2) is 40.6 Å². The molecule has 1 aliphatic rings. The number of thiophene rings is 1. The maximum absolute atomic E-state index is 12.8. The maximum atomic E-state index is 12.8. The molecule has 3 aromatic heterocycles. The molecule has 4 heterocycles. The van der Waals surface area contributed by atoms with Gasteiger partial charge in [0.2, 0.25) is 5.88 Å². The molecular weight excluding hydrogens is 378 g/mol. The lowest BCUT2D eigenvalue weighted by Gasteiger charge is -2.32. The third-order valence-electron chi connectivity index (χ3n) is 5.04. The first-order chi connectivity index (χ1) is 13.7. The Bertz CT molecular complexity index is 1000. The van der Waals surface area contributed by atoms with Gasteiger partial charge in [0.05, 0.1) is 7.11 Å². The highest BCUT2D eigenvalue weighted by Gasteiger charge is 2.27. The molecule has 1 saturated heterocycles. The summed E-state index contributed by atoms with van der Waals surface area (Å²) in [6.07, 6.45) is 4.04. The zero-order valence-corrected chi connectivity index (χ0v) is 16.3. The molecule has 0 bridgehead atoms.